The van der Waals surface area contributed by atoms with Crippen molar-refractivity contribution in [2.24, 2.45) is 29.6 Å². The number of halogens is 1. The van der Waals surface area contributed by atoms with Gasteiger partial charge in [-0.25, -0.2) is 4.39 Å². The second-order valence-electron chi connectivity index (χ2n) is 10.6. The van der Waals surface area contributed by atoms with Crippen molar-refractivity contribution in [3.63, 3.8) is 0 Å². The van der Waals surface area contributed by atoms with Crippen LogP contribution in [0.2, 0.25) is 0 Å². The highest BCUT2D eigenvalue weighted by atomic mass is 32.2. The van der Waals surface area contributed by atoms with Gasteiger partial charge in [0.2, 0.25) is 0 Å². The smallest absolute Gasteiger partial charge is 0.310 e. The number of esters is 2. The van der Waals surface area contributed by atoms with Gasteiger partial charge in [0.1, 0.15) is 17.0 Å². The number of rotatable bonds is 5. The highest BCUT2D eigenvalue weighted by molar-refractivity contribution is 7.99. The standard InChI is InChI=1S/C24H33FO4S/c1-13-10-15(8-9-17(13)25)30-12-14-11-16-19(18(14)21(26)28-23(2,3)4)20(16)22(27)29-24(5,6)7/h8-10,14,16,18-20H,11-12H2,1-7H3/t14?,16?,18?,19-,20?/m1/s1. The molecule has 0 N–H and O–H groups in total. The van der Waals surface area contributed by atoms with Crippen LogP contribution >= 0.6 is 11.8 Å². The fourth-order valence-electron chi connectivity index (χ4n) is 4.51. The van der Waals surface area contributed by atoms with Crippen molar-refractivity contribution in [1.29, 1.82) is 0 Å². The fourth-order valence-corrected chi connectivity index (χ4v) is 5.68. The molecule has 1 aromatic rings. The van der Waals surface area contributed by atoms with Gasteiger partial charge in [0.25, 0.3) is 0 Å². The van der Waals surface area contributed by atoms with E-state index in [1.54, 1.807) is 24.8 Å². The maximum Gasteiger partial charge on any atom is 0.310 e. The van der Waals surface area contributed by atoms with E-state index in [9.17, 15) is 14.0 Å². The predicted octanol–water partition coefficient (Wildman–Crippen LogP) is 5.41. The van der Waals surface area contributed by atoms with E-state index in [0.29, 0.717) is 5.56 Å². The lowest BCUT2D eigenvalue weighted by Crippen LogP contribution is -2.35. The first-order valence-electron chi connectivity index (χ1n) is 10.6. The minimum atomic E-state index is -0.572. The quantitative estimate of drug-likeness (QED) is 0.456. The zero-order valence-electron chi connectivity index (χ0n) is 19.0. The first-order valence-corrected chi connectivity index (χ1v) is 11.6. The minimum Gasteiger partial charge on any atom is -0.460 e. The number of fused-ring (bicyclic) bond motifs is 1. The summed E-state index contributed by atoms with van der Waals surface area (Å²) in [7, 11) is 0. The Bertz CT molecular complexity index is 823. The van der Waals surface area contributed by atoms with Crippen LogP contribution < -0.4 is 0 Å². The van der Waals surface area contributed by atoms with Crippen molar-refractivity contribution in [2.75, 3.05) is 5.75 Å². The summed E-state index contributed by atoms with van der Waals surface area (Å²) in [5, 5.41) is 0. The van der Waals surface area contributed by atoms with Gasteiger partial charge in [0, 0.05) is 10.6 Å². The Labute approximate surface area is 183 Å². The molecule has 2 fully saturated rings. The SMILES string of the molecule is Cc1cc(SCC2CC3C(C(=O)OC(C)(C)C)[C@H]3C2C(=O)OC(C)(C)C)ccc1F. The zero-order chi connectivity index (χ0) is 22.4. The molecule has 0 heterocycles. The van der Waals surface area contributed by atoms with Gasteiger partial charge in [-0.05, 0) is 96.4 Å². The molecule has 4 unspecified atom stereocenters. The van der Waals surface area contributed by atoms with Gasteiger partial charge in [-0.1, -0.05) is 0 Å². The molecule has 0 aliphatic heterocycles. The van der Waals surface area contributed by atoms with Gasteiger partial charge in [0.15, 0.2) is 0 Å². The van der Waals surface area contributed by atoms with Crippen molar-refractivity contribution < 1.29 is 23.5 Å². The van der Waals surface area contributed by atoms with Crippen molar-refractivity contribution in [3.8, 4) is 0 Å². The lowest BCUT2D eigenvalue weighted by molar-refractivity contribution is -0.163. The molecule has 2 aliphatic rings. The molecule has 0 spiro atoms. The molecule has 0 saturated heterocycles. The number of benzene rings is 1. The second kappa shape index (κ2) is 8.18. The third-order valence-corrected chi connectivity index (χ3v) is 6.86. The summed E-state index contributed by atoms with van der Waals surface area (Å²) in [6.45, 7) is 12.9. The van der Waals surface area contributed by atoms with E-state index < -0.39 is 11.2 Å². The molecule has 1 aromatic carbocycles. The maximum absolute atomic E-state index is 13.5. The molecule has 0 amide bonds. The van der Waals surface area contributed by atoms with E-state index in [4.69, 9.17) is 9.47 Å². The zero-order valence-corrected chi connectivity index (χ0v) is 19.8. The van der Waals surface area contributed by atoms with Crippen molar-refractivity contribution in [2.45, 2.75) is 71.0 Å². The van der Waals surface area contributed by atoms with E-state index in [0.717, 1.165) is 17.1 Å². The van der Waals surface area contributed by atoms with Crippen LogP contribution in [0.5, 0.6) is 0 Å². The van der Waals surface area contributed by atoms with Crippen molar-refractivity contribution in [1.82, 2.24) is 0 Å². The van der Waals surface area contributed by atoms with Crippen LogP contribution in [0, 0.1) is 42.3 Å². The average molecular weight is 437 g/mol. The number of hydrogen-bond acceptors (Lipinski definition) is 5. The number of ether oxygens (including phenoxy) is 2. The fraction of sp³-hybridized carbons (Fsp3) is 0.667. The van der Waals surface area contributed by atoms with Gasteiger partial charge in [-0.15, -0.1) is 11.8 Å². The van der Waals surface area contributed by atoms with Crippen molar-refractivity contribution >= 4 is 23.7 Å². The van der Waals surface area contributed by atoms with Crippen LogP contribution in [0.4, 0.5) is 4.39 Å². The van der Waals surface area contributed by atoms with Crippen LogP contribution in [0.25, 0.3) is 0 Å². The topological polar surface area (TPSA) is 52.6 Å². The molecule has 0 bridgehead atoms. The molecule has 5 atom stereocenters. The third kappa shape index (κ3) is 5.37. The monoisotopic (exact) mass is 436 g/mol. The Balaban J connectivity index is 1.71. The lowest BCUT2D eigenvalue weighted by atomic mass is 9.89. The largest absolute Gasteiger partial charge is 0.460 e. The van der Waals surface area contributed by atoms with Gasteiger partial charge < -0.3 is 9.47 Å². The predicted molar refractivity (Wildman–Crippen MR) is 116 cm³/mol. The van der Waals surface area contributed by atoms with E-state index in [-0.39, 0.29) is 47.3 Å². The summed E-state index contributed by atoms with van der Waals surface area (Å²) in [5.74, 6) is -0.112. The molecule has 3 rings (SSSR count). The second-order valence-corrected chi connectivity index (χ2v) is 11.7. The molecular formula is C24H33FO4S. The van der Waals surface area contributed by atoms with Crippen molar-refractivity contribution in [3.05, 3.63) is 29.6 Å². The Hall–Kier alpha value is -1.56. The number of carbonyl (C=O) groups is 2. The van der Waals surface area contributed by atoms with E-state index in [2.05, 4.69) is 0 Å². The number of aryl methyl sites for hydroxylation is 1. The molecule has 2 saturated carbocycles. The summed E-state index contributed by atoms with van der Waals surface area (Å²) >= 11 is 1.63. The first kappa shape index (κ1) is 23.1. The number of carbonyl (C=O) groups excluding carboxylic acids is 2. The summed E-state index contributed by atoms with van der Waals surface area (Å²) in [6.07, 6.45) is 0.811. The van der Waals surface area contributed by atoms with Gasteiger partial charge in [-0.3, -0.25) is 9.59 Å². The Morgan fingerprint density at radius 3 is 2.13 bits per heavy atom. The summed E-state index contributed by atoms with van der Waals surface area (Å²) in [6, 6.07) is 5.09. The summed E-state index contributed by atoms with van der Waals surface area (Å²) in [4.78, 5) is 26.7. The molecule has 0 radical (unpaired) electrons. The Kier molecular flexibility index (Phi) is 6.30. The molecule has 6 heteroatoms. The average Bonchev–Trinajstić information content (AvgIpc) is 3.14. The highest BCUT2D eigenvalue weighted by Crippen LogP contribution is 2.64. The van der Waals surface area contributed by atoms with Crippen LogP contribution in [0.15, 0.2) is 23.1 Å². The summed E-state index contributed by atoms with van der Waals surface area (Å²) in [5.41, 5.74) is -0.495. The highest BCUT2D eigenvalue weighted by Gasteiger charge is 2.67. The minimum absolute atomic E-state index is 0.00439. The van der Waals surface area contributed by atoms with Gasteiger partial charge >= 0.3 is 11.9 Å². The molecule has 166 valence electrons. The number of thioether (sulfide) groups is 1. The summed E-state index contributed by atoms with van der Waals surface area (Å²) < 4.78 is 24.8. The molecule has 0 aromatic heterocycles. The lowest BCUT2D eigenvalue weighted by Gasteiger charge is -2.28. The van der Waals surface area contributed by atoms with E-state index >= 15 is 0 Å². The molecular weight excluding hydrogens is 403 g/mol. The van der Waals surface area contributed by atoms with E-state index in [1.165, 1.54) is 6.07 Å². The van der Waals surface area contributed by atoms with Crippen LogP contribution in [0.3, 0.4) is 0 Å². The third-order valence-electron chi connectivity index (χ3n) is 5.68. The number of hydrogen-bond donors (Lipinski definition) is 0. The normalized spacial score (nSPS) is 28.1. The Morgan fingerprint density at radius 2 is 1.60 bits per heavy atom. The maximum atomic E-state index is 13.5. The Morgan fingerprint density at radius 1 is 1.03 bits per heavy atom. The van der Waals surface area contributed by atoms with Crippen LogP contribution in [0.1, 0.15) is 53.5 Å². The first-order chi connectivity index (χ1) is 13.8. The van der Waals surface area contributed by atoms with Crippen LogP contribution in [-0.2, 0) is 19.1 Å². The molecule has 30 heavy (non-hydrogen) atoms. The van der Waals surface area contributed by atoms with Crippen LogP contribution in [-0.4, -0.2) is 28.9 Å². The van der Waals surface area contributed by atoms with Gasteiger partial charge in [0.05, 0.1) is 11.8 Å². The van der Waals surface area contributed by atoms with Gasteiger partial charge in [-0.2, -0.15) is 0 Å². The molecule has 2 aliphatic carbocycles. The molecule has 4 nitrogen and oxygen atoms in total. The van der Waals surface area contributed by atoms with E-state index in [1.807, 2.05) is 47.6 Å².